The van der Waals surface area contributed by atoms with Crippen LogP contribution < -0.4 is 0 Å². The molecule has 0 spiro atoms. The molecule has 5 heteroatoms. The molecule has 10 rings (SSSR count). The molecule has 0 radical (unpaired) electrons. The summed E-state index contributed by atoms with van der Waals surface area (Å²) in [5, 5.41) is 4.44. The van der Waals surface area contributed by atoms with Crippen LogP contribution in [0.25, 0.3) is 94.7 Å². The van der Waals surface area contributed by atoms with Crippen molar-refractivity contribution in [2.45, 2.75) is 26.2 Å². The minimum Gasteiger partial charge on any atom is -0.455 e. The van der Waals surface area contributed by atoms with Gasteiger partial charge in [0, 0.05) is 32.8 Å². The van der Waals surface area contributed by atoms with E-state index in [1.54, 1.807) is 0 Å². The number of fused-ring (bicyclic) bond motifs is 7. The van der Waals surface area contributed by atoms with E-state index >= 15 is 0 Å². The van der Waals surface area contributed by atoms with E-state index in [1.165, 1.54) is 24.0 Å². The lowest BCUT2D eigenvalue weighted by Crippen LogP contribution is -2.03. The third-order valence-corrected chi connectivity index (χ3v) is 10.5. The Morgan fingerprint density at radius 1 is 0.500 bits per heavy atom. The fourth-order valence-corrected chi connectivity index (χ4v) is 7.78. The smallest absolute Gasteiger partial charge is 0.166 e. The third kappa shape index (κ3) is 5.44. The topological polar surface area (TPSA) is 56.7 Å². The molecular weight excluding hydrogens is 661 g/mol. The van der Waals surface area contributed by atoms with Crippen LogP contribution in [0.5, 0.6) is 0 Å². The van der Waals surface area contributed by atoms with Gasteiger partial charge in [0.05, 0.1) is 22.1 Å². The Morgan fingerprint density at radius 3 is 2.04 bits per heavy atom. The van der Waals surface area contributed by atoms with Gasteiger partial charge >= 0.3 is 0 Å². The summed E-state index contributed by atoms with van der Waals surface area (Å²) in [6, 6.07) is 57.2. The Morgan fingerprint density at radius 2 is 1.19 bits per heavy atom. The van der Waals surface area contributed by atoms with E-state index in [-0.39, 0.29) is 0 Å². The predicted molar refractivity (Wildman–Crippen MR) is 222 cm³/mol. The van der Waals surface area contributed by atoms with E-state index in [0.717, 1.165) is 78.1 Å². The van der Waals surface area contributed by atoms with Gasteiger partial charge in [-0.1, -0.05) is 135 Å². The predicted octanol–water partition coefficient (Wildman–Crippen LogP) is 12.9. The molecule has 0 unspecified atom stereocenters. The van der Waals surface area contributed by atoms with Gasteiger partial charge in [-0.3, -0.25) is 0 Å². The summed E-state index contributed by atoms with van der Waals surface area (Å²) in [4.78, 5) is 15.5. The lowest BCUT2D eigenvalue weighted by molar-refractivity contribution is 0.673. The van der Waals surface area contributed by atoms with Crippen LogP contribution >= 0.6 is 0 Å². The molecule has 0 N–H and O–H groups in total. The van der Waals surface area contributed by atoms with Crippen LogP contribution in [0.3, 0.4) is 0 Å². The molecule has 3 heterocycles. The van der Waals surface area contributed by atoms with Crippen molar-refractivity contribution in [1.82, 2.24) is 19.5 Å². The number of aromatic nitrogens is 4. The molecule has 7 aromatic carbocycles. The summed E-state index contributed by atoms with van der Waals surface area (Å²) >= 11 is 0. The zero-order chi connectivity index (χ0) is 36.0. The molecule has 0 aliphatic rings. The first kappa shape index (κ1) is 31.9. The summed E-state index contributed by atoms with van der Waals surface area (Å²) in [5.74, 6) is 1.86. The van der Waals surface area contributed by atoms with Crippen LogP contribution in [0.4, 0.5) is 0 Å². The molecule has 10 aromatic rings. The van der Waals surface area contributed by atoms with E-state index in [9.17, 15) is 0 Å². The first-order valence-electron chi connectivity index (χ1n) is 18.7. The van der Waals surface area contributed by atoms with Crippen LogP contribution in [0, 0.1) is 0 Å². The van der Waals surface area contributed by atoms with Gasteiger partial charge in [0.1, 0.15) is 11.2 Å². The van der Waals surface area contributed by atoms with Crippen LogP contribution in [-0.2, 0) is 6.42 Å². The Balaban J connectivity index is 1.16. The lowest BCUT2D eigenvalue weighted by atomic mass is 10.00. The van der Waals surface area contributed by atoms with E-state index in [4.69, 9.17) is 19.4 Å². The second-order valence-electron chi connectivity index (χ2n) is 13.9. The number of unbranched alkanes of at least 4 members (excludes halogenated alkanes) is 1. The van der Waals surface area contributed by atoms with Crippen molar-refractivity contribution in [2.75, 3.05) is 0 Å². The van der Waals surface area contributed by atoms with Gasteiger partial charge in [-0.05, 0) is 72.0 Å². The zero-order valence-electron chi connectivity index (χ0n) is 29.9. The quantitative estimate of drug-likeness (QED) is 0.159. The van der Waals surface area contributed by atoms with Crippen molar-refractivity contribution in [3.05, 3.63) is 169 Å². The molecule has 0 saturated carbocycles. The summed E-state index contributed by atoms with van der Waals surface area (Å²) < 4.78 is 8.91. The van der Waals surface area contributed by atoms with E-state index < -0.39 is 0 Å². The number of benzene rings is 7. The highest BCUT2D eigenvalue weighted by atomic mass is 16.3. The van der Waals surface area contributed by atoms with Gasteiger partial charge in [0.2, 0.25) is 0 Å². The molecule has 258 valence electrons. The Labute approximate surface area is 313 Å². The molecular formula is C49H36N4O. The maximum atomic E-state index is 6.58. The SMILES string of the molecule is CCCCc1ccc(-c2cccc(-c3nc(-c4ccccc4)nc(-c4ccccc4-n4c5ccccc5c5c6oc7ccccc7c6ccc54)n3)c2)cc1. The first-order chi connectivity index (χ1) is 26.7. The van der Waals surface area contributed by atoms with Crippen LogP contribution in [0.15, 0.2) is 168 Å². The van der Waals surface area contributed by atoms with Gasteiger partial charge < -0.3 is 8.98 Å². The molecule has 54 heavy (non-hydrogen) atoms. The van der Waals surface area contributed by atoms with Crippen LogP contribution in [0.2, 0.25) is 0 Å². The second-order valence-corrected chi connectivity index (χ2v) is 13.9. The maximum absolute atomic E-state index is 6.58. The maximum Gasteiger partial charge on any atom is 0.166 e. The summed E-state index contributed by atoms with van der Waals surface area (Å²) in [5.41, 5.74) is 11.3. The fraction of sp³-hybridized carbons (Fsp3) is 0.0816. The second kappa shape index (κ2) is 13.3. The van der Waals surface area contributed by atoms with Gasteiger partial charge in [-0.2, -0.15) is 0 Å². The van der Waals surface area contributed by atoms with Crippen molar-refractivity contribution in [2.24, 2.45) is 0 Å². The first-order valence-corrected chi connectivity index (χ1v) is 18.7. The standard InChI is InChI=1S/C49H36N4O/c1-2-3-14-32-25-27-33(28-26-32)35-17-13-18-36(31-35)48-50-47(34-15-5-4-6-16-34)51-49(52-48)40-21-8-11-23-42(40)53-41-22-10-7-20-39(41)45-43(53)30-29-38-37-19-9-12-24-44(37)54-46(38)45/h4-13,15-31H,2-3,14H2,1H3. The zero-order valence-corrected chi connectivity index (χ0v) is 29.9. The Hall–Kier alpha value is -6.85. The molecule has 0 bridgehead atoms. The number of rotatable bonds is 8. The van der Waals surface area contributed by atoms with Gasteiger partial charge in [-0.15, -0.1) is 0 Å². The molecule has 0 saturated heterocycles. The minimum atomic E-state index is 0.607. The third-order valence-electron chi connectivity index (χ3n) is 10.5. The number of hydrogen-bond donors (Lipinski definition) is 0. The number of aryl methyl sites for hydroxylation is 1. The van der Waals surface area contributed by atoms with Crippen molar-refractivity contribution in [3.8, 4) is 51.0 Å². The summed E-state index contributed by atoms with van der Waals surface area (Å²) in [6.07, 6.45) is 3.50. The molecule has 0 atom stereocenters. The minimum absolute atomic E-state index is 0.607. The van der Waals surface area contributed by atoms with Gasteiger partial charge in [0.15, 0.2) is 17.5 Å². The molecule has 3 aromatic heterocycles. The summed E-state index contributed by atoms with van der Waals surface area (Å²) in [6.45, 7) is 2.23. The molecule has 0 aliphatic carbocycles. The van der Waals surface area contributed by atoms with E-state index in [2.05, 4.69) is 145 Å². The highest BCUT2D eigenvalue weighted by molar-refractivity contribution is 6.24. The fourth-order valence-electron chi connectivity index (χ4n) is 7.78. The Kier molecular flexibility index (Phi) is 7.84. The molecule has 5 nitrogen and oxygen atoms in total. The van der Waals surface area contributed by atoms with Crippen LogP contribution in [-0.4, -0.2) is 19.5 Å². The largest absolute Gasteiger partial charge is 0.455 e. The highest BCUT2D eigenvalue weighted by Gasteiger charge is 2.22. The number of hydrogen-bond acceptors (Lipinski definition) is 4. The van der Waals surface area contributed by atoms with Gasteiger partial charge in [-0.25, -0.2) is 15.0 Å². The van der Waals surface area contributed by atoms with Crippen molar-refractivity contribution in [3.63, 3.8) is 0 Å². The average Bonchev–Trinajstić information content (AvgIpc) is 3.79. The molecule has 0 fully saturated rings. The van der Waals surface area contributed by atoms with Crippen molar-refractivity contribution < 1.29 is 4.42 Å². The summed E-state index contributed by atoms with van der Waals surface area (Å²) in [7, 11) is 0. The van der Waals surface area contributed by atoms with Crippen molar-refractivity contribution >= 4 is 43.7 Å². The highest BCUT2D eigenvalue weighted by Crippen LogP contribution is 2.42. The van der Waals surface area contributed by atoms with E-state index in [1.807, 2.05) is 30.3 Å². The Bertz CT molecular complexity index is 2980. The average molecular weight is 697 g/mol. The normalized spacial score (nSPS) is 11.6. The van der Waals surface area contributed by atoms with Crippen molar-refractivity contribution in [1.29, 1.82) is 0 Å². The lowest BCUT2D eigenvalue weighted by Gasteiger charge is -2.14. The number of para-hydroxylation sites is 3. The van der Waals surface area contributed by atoms with E-state index in [0.29, 0.717) is 17.5 Å². The molecule has 0 aliphatic heterocycles. The monoisotopic (exact) mass is 696 g/mol. The number of furan rings is 1. The van der Waals surface area contributed by atoms with Gasteiger partial charge in [0.25, 0.3) is 0 Å². The number of nitrogens with zero attached hydrogens (tertiary/aromatic N) is 4. The molecule has 0 amide bonds. The van der Waals surface area contributed by atoms with Crippen LogP contribution in [0.1, 0.15) is 25.3 Å².